The first-order valence-corrected chi connectivity index (χ1v) is 7.46. The van der Waals surface area contributed by atoms with Gasteiger partial charge in [0.2, 0.25) is 0 Å². The molecule has 1 heterocycles. The van der Waals surface area contributed by atoms with Gasteiger partial charge in [0.25, 0.3) is 0 Å². The molecule has 106 valence electrons. The summed E-state index contributed by atoms with van der Waals surface area (Å²) in [6.07, 6.45) is 3.58. The number of piperidine rings is 1. The minimum Gasteiger partial charge on any atom is -0.395 e. The van der Waals surface area contributed by atoms with E-state index in [1.165, 1.54) is 30.5 Å². The molecule has 1 atom stereocenters. The molecule has 19 heavy (non-hydrogen) atoms. The van der Waals surface area contributed by atoms with Crippen LogP contribution in [0.25, 0.3) is 0 Å². The lowest BCUT2D eigenvalue weighted by Crippen LogP contribution is -2.46. The largest absolute Gasteiger partial charge is 0.395 e. The van der Waals surface area contributed by atoms with Gasteiger partial charge in [-0.1, -0.05) is 31.2 Å². The standard InChI is InChI=1S/C16H26N2O/c1-2-14-5-7-15(8-6-14)12-18-10-3-4-16(13-18)17-9-11-19/h5-8,16-17,19H,2-4,9-13H2,1H3. The smallest absolute Gasteiger partial charge is 0.0556 e. The number of benzene rings is 1. The first kappa shape index (κ1) is 14.5. The second kappa shape index (κ2) is 7.63. The monoisotopic (exact) mass is 262 g/mol. The molecular formula is C16H26N2O. The van der Waals surface area contributed by atoms with Crippen LogP contribution in [-0.2, 0) is 13.0 Å². The Morgan fingerprint density at radius 1 is 1.26 bits per heavy atom. The van der Waals surface area contributed by atoms with Crippen molar-refractivity contribution in [2.45, 2.75) is 38.8 Å². The molecule has 0 radical (unpaired) electrons. The van der Waals surface area contributed by atoms with Crippen LogP contribution in [0.5, 0.6) is 0 Å². The summed E-state index contributed by atoms with van der Waals surface area (Å²) in [6, 6.07) is 9.52. The van der Waals surface area contributed by atoms with Crippen LogP contribution in [0.3, 0.4) is 0 Å². The Bertz CT molecular complexity index is 364. The zero-order chi connectivity index (χ0) is 13.5. The van der Waals surface area contributed by atoms with Crippen molar-refractivity contribution in [3.05, 3.63) is 35.4 Å². The highest BCUT2D eigenvalue weighted by Gasteiger charge is 2.19. The summed E-state index contributed by atoms with van der Waals surface area (Å²) in [5.41, 5.74) is 2.81. The summed E-state index contributed by atoms with van der Waals surface area (Å²) in [4.78, 5) is 2.51. The minimum atomic E-state index is 0.231. The zero-order valence-electron chi connectivity index (χ0n) is 11.9. The molecule has 3 heteroatoms. The molecule has 2 N–H and O–H groups in total. The van der Waals surface area contributed by atoms with Crippen molar-refractivity contribution in [2.75, 3.05) is 26.2 Å². The molecule has 3 nitrogen and oxygen atoms in total. The van der Waals surface area contributed by atoms with Crippen molar-refractivity contribution in [1.82, 2.24) is 10.2 Å². The molecule has 0 aromatic heterocycles. The molecule has 1 unspecified atom stereocenters. The number of rotatable bonds is 6. The topological polar surface area (TPSA) is 35.5 Å². The van der Waals surface area contributed by atoms with E-state index in [1.807, 2.05) is 0 Å². The highest BCUT2D eigenvalue weighted by Crippen LogP contribution is 2.14. The molecule has 1 aliphatic heterocycles. The van der Waals surface area contributed by atoms with Crippen LogP contribution in [0.1, 0.15) is 30.9 Å². The molecular weight excluding hydrogens is 236 g/mol. The van der Waals surface area contributed by atoms with E-state index < -0.39 is 0 Å². The third-order valence-corrected chi connectivity index (χ3v) is 3.89. The Morgan fingerprint density at radius 2 is 2.00 bits per heavy atom. The number of aryl methyl sites for hydroxylation is 1. The van der Waals surface area contributed by atoms with Crippen LogP contribution in [0.4, 0.5) is 0 Å². The average molecular weight is 262 g/mol. The van der Waals surface area contributed by atoms with Crippen LogP contribution in [0.15, 0.2) is 24.3 Å². The van der Waals surface area contributed by atoms with Crippen molar-refractivity contribution >= 4 is 0 Å². The summed E-state index contributed by atoms with van der Waals surface area (Å²) in [5.74, 6) is 0. The van der Waals surface area contributed by atoms with Crippen molar-refractivity contribution in [1.29, 1.82) is 0 Å². The van der Waals surface area contributed by atoms with Gasteiger partial charge in [0.05, 0.1) is 6.61 Å². The lowest BCUT2D eigenvalue weighted by atomic mass is 10.0. The van der Waals surface area contributed by atoms with Crippen LogP contribution in [0.2, 0.25) is 0 Å². The predicted molar refractivity (Wildman–Crippen MR) is 79.2 cm³/mol. The van der Waals surface area contributed by atoms with E-state index >= 15 is 0 Å². The number of hydrogen-bond donors (Lipinski definition) is 2. The van der Waals surface area contributed by atoms with Gasteiger partial charge in [-0.05, 0) is 36.9 Å². The number of nitrogens with zero attached hydrogens (tertiary/aromatic N) is 1. The van der Waals surface area contributed by atoms with Gasteiger partial charge in [0.15, 0.2) is 0 Å². The minimum absolute atomic E-state index is 0.231. The second-order valence-electron chi connectivity index (χ2n) is 5.42. The van der Waals surface area contributed by atoms with E-state index in [1.54, 1.807) is 0 Å². The Labute approximate surface area is 116 Å². The Kier molecular flexibility index (Phi) is 5.83. The van der Waals surface area contributed by atoms with Gasteiger partial charge in [-0.25, -0.2) is 0 Å². The molecule has 1 saturated heterocycles. The van der Waals surface area contributed by atoms with E-state index in [4.69, 9.17) is 5.11 Å². The summed E-state index contributed by atoms with van der Waals surface area (Å²) in [6.45, 7) is 6.46. The van der Waals surface area contributed by atoms with E-state index in [0.717, 1.165) is 19.5 Å². The molecule has 1 fully saturated rings. The molecule has 1 aromatic carbocycles. The van der Waals surface area contributed by atoms with E-state index in [2.05, 4.69) is 41.4 Å². The van der Waals surface area contributed by atoms with Gasteiger partial charge < -0.3 is 10.4 Å². The van der Waals surface area contributed by atoms with Crippen LogP contribution in [0, 0.1) is 0 Å². The van der Waals surface area contributed by atoms with Crippen molar-refractivity contribution < 1.29 is 5.11 Å². The first-order valence-electron chi connectivity index (χ1n) is 7.46. The van der Waals surface area contributed by atoms with Crippen LogP contribution in [-0.4, -0.2) is 42.3 Å². The van der Waals surface area contributed by atoms with Gasteiger partial charge in [0, 0.05) is 25.7 Å². The van der Waals surface area contributed by atoms with Crippen LogP contribution >= 0.6 is 0 Å². The van der Waals surface area contributed by atoms with Crippen molar-refractivity contribution in [3.63, 3.8) is 0 Å². The number of hydrogen-bond acceptors (Lipinski definition) is 3. The Balaban J connectivity index is 1.83. The van der Waals surface area contributed by atoms with Crippen LogP contribution < -0.4 is 5.32 Å². The van der Waals surface area contributed by atoms with Crippen molar-refractivity contribution in [2.24, 2.45) is 0 Å². The van der Waals surface area contributed by atoms with E-state index in [-0.39, 0.29) is 6.61 Å². The number of aliphatic hydroxyl groups is 1. The van der Waals surface area contributed by atoms with Gasteiger partial charge in [-0.3, -0.25) is 4.90 Å². The summed E-state index contributed by atoms with van der Waals surface area (Å²) >= 11 is 0. The highest BCUT2D eigenvalue weighted by molar-refractivity contribution is 5.22. The quantitative estimate of drug-likeness (QED) is 0.820. The van der Waals surface area contributed by atoms with E-state index in [9.17, 15) is 0 Å². The maximum Gasteiger partial charge on any atom is 0.0556 e. The highest BCUT2D eigenvalue weighted by atomic mass is 16.3. The lowest BCUT2D eigenvalue weighted by molar-refractivity contribution is 0.177. The fraction of sp³-hybridized carbons (Fsp3) is 0.625. The molecule has 2 rings (SSSR count). The lowest BCUT2D eigenvalue weighted by Gasteiger charge is -2.33. The number of likely N-dealkylation sites (tertiary alicyclic amines) is 1. The summed E-state index contributed by atoms with van der Waals surface area (Å²) < 4.78 is 0. The maximum atomic E-state index is 8.87. The van der Waals surface area contributed by atoms with Gasteiger partial charge in [-0.2, -0.15) is 0 Å². The summed E-state index contributed by atoms with van der Waals surface area (Å²) in [5, 5.41) is 12.3. The fourth-order valence-corrected chi connectivity index (χ4v) is 2.77. The van der Waals surface area contributed by atoms with Gasteiger partial charge in [-0.15, -0.1) is 0 Å². The molecule has 0 bridgehead atoms. The van der Waals surface area contributed by atoms with Gasteiger partial charge >= 0.3 is 0 Å². The molecule has 0 amide bonds. The number of nitrogens with one attached hydrogen (secondary N) is 1. The molecule has 0 spiro atoms. The maximum absolute atomic E-state index is 8.87. The Hall–Kier alpha value is -0.900. The third-order valence-electron chi connectivity index (χ3n) is 3.89. The third kappa shape index (κ3) is 4.60. The normalized spacial score (nSPS) is 20.6. The van der Waals surface area contributed by atoms with Gasteiger partial charge in [0.1, 0.15) is 0 Å². The first-order chi connectivity index (χ1) is 9.31. The zero-order valence-corrected chi connectivity index (χ0v) is 11.9. The number of aliphatic hydroxyl groups excluding tert-OH is 1. The molecule has 1 aliphatic rings. The molecule has 0 aliphatic carbocycles. The second-order valence-corrected chi connectivity index (χ2v) is 5.42. The predicted octanol–water partition coefficient (Wildman–Crippen LogP) is 1.80. The SMILES string of the molecule is CCc1ccc(CN2CCCC(NCCO)C2)cc1. The van der Waals surface area contributed by atoms with Crippen molar-refractivity contribution in [3.8, 4) is 0 Å². The van der Waals surface area contributed by atoms with E-state index in [0.29, 0.717) is 12.6 Å². The average Bonchev–Trinajstić information content (AvgIpc) is 2.46. The summed E-state index contributed by atoms with van der Waals surface area (Å²) in [7, 11) is 0. The Morgan fingerprint density at radius 3 is 2.68 bits per heavy atom. The molecule has 0 saturated carbocycles. The fourth-order valence-electron chi connectivity index (χ4n) is 2.77. The molecule has 1 aromatic rings.